The third kappa shape index (κ3) is 25.0. The third-order valence-corrected chi connectivity index (χ3v) is 11.9. The minimum absolute atomic E-state index is 0.251. The molecule has 0 aromatic heterocycles. The normalized spacial score (nSPS) is 27.5. The van der Waals surface area contributed by atoms with Gasteiger partial charge in [0, 0.05) is 6.42 Å². The number of ether oxygens (including phenoxy) is 4. The largest absolute Gasteiger partial charge is 0.394 e. The number of amides is 1. The molecule has 0 bridgehead atoms. The first-order valence-electron chi connectivity index (χ1n) is 25.0. The van der Waals surface area contributed by atoms with Crippen LogP contribution in [0.2, 0.25) is 0 Å². The summed E-state index contributed by atoms with van der Waals surface area (Å²) in [7, 11) is 0. The third-order valence-electron chi connectivity index (χ3n) is 11.9. The van der Waals surface area contributed by atoms with Crippen LogP contribution in [0.4, 0.5) is 0 Å². The van der Waals surface area contributed by atoms with Crippen molar-refractivity contribution in [3.63, 3.8) is 0 Å². The molecule has 2 heterocycles. The summed E-state index contributed by atoms with van der Waals surface area (Å²) in [4.78, 5) is 13.1. The van der Waals surface area contributed by atoms with E-state index in [0.29, 0.717) is 12.8 Å². The fourth-order valence-corrected chi connectivity index (χ4v) is 7.76. The van der Waals surface area contributed by atoms with Gasteiger partial charge in [-0.2, -0.15) is 0 Å². The average molecular weight is 924 g/mol. The Morgan fingerprint density at radius 3 is 1.63 bits per heavy atom. The van der Waals surface area contributed by atoms with Crippen molar-refractivity contribution < 1.29 is 64.6 Å². The lowest BCUT2D eigenvalue weighted by Crippen LogP contribution is -2.65. The van der Waals surface area contributed by atoms with E-state index >= 15 is 0 Å². The van der Waals surface area contributed by atoms with Crippen molar-refractivity contribution in [3.8, 4) is 0 Å². The van der Waals surface area contributed by atoms with Crippen molar-refractivity contribution >= 4 is 5.91 Å². The summed E-state index contributed by atoms with van der Waals surface area (Å²) in [5.74, 6) is -0.271. The minimum atomic E-state index is -1.79. The van der Waals surface area contributed by atoms with Gasteiger partial charge in [0.2, 0.25) is 5.91 Å². The Morgan fingerprint density at radius 1 is 0.554 bits per heavy atom. The van der Waals surface area contributed by atoms with Crippen molar-refractivity contribution in [2.75, 3.05) is 19.8 Å². The van der Waals surface area contributed by atoms with Crippen LogP contribution in [0.5, 0.6) is 0 Å². The highest BCUT2D eigenvalue weighted by Gasteiger charge is 2.51. The molecular formula is C51H89NO13. The van der Waals surface area contributed by atoms with Gasteiger partial charge in [-0.1, -0.05) is 139 Å². The molecule has 14 heteroatoms. The fourth-order valence-electron chi connectivity index (χ4n) is 7.76. The number of carbonyl (C=O) groups is 1. The molecule has 0 spiro atoms. The molecular weight excluding hydrogens is 835 g/mol. The Bertz CT molecular complexity index is 1320. The number of unbranched alkanes of at least 4 members (excludes halogenated alkanes) is 16. The maximum atomic E-state index is 13.1. The van der Waals surface area contributed by atoms with E-state index in [0.717, 1.165) is 70.6 Å². The summed E-state index contributed by atoms with van der Waals surface area (Å²) in [5, 5.41) is 86.6. The highest BCUT2D eigenvalue weighted by atomic mass is 16.7. The number of carbonyl (C=O) groups excluding carboxylic acids is 1. The van der Waals surface area contributed by atoms with Crippen molar-refractivity contribution in [2.45, 2.75) is 235 Å². The van der Waals surface area contributed by atoms with Crippen LogP contribution in [0.15, 0.2) is 60.8 Å². The topological polar surface area (TPSA) is 228 Å². The molecule has 0 aromatic rings. The number of hydrogen-bond acceptors (Lipinski definition) is 13. The first-order valence-corrected chi connectivity index (χ1v) is 25.0. The molecule has 2 saturated heterocycles. The van der Waals surface area contributed by atoms with Crippen molar-refractivity contribution in [2.24, 2.45) is 0 Å². The number of allylic oxidation sites excluding steroid dienone is 9. The number of aliphatic hydroxyl groups is 8. The fraction of sp³-hybridized carbons (Fsp3) is 0.784. The Morgan fingerprint density at radius 2 is 1.03 bits per heavy atom. The van der Waals surface area contributed by atoms with Gasteiger partial charge in [-0.25, -0.2) is 0 Å². The quantitative estimate of drug-likeness (QED) is 0.0248. The lowest BCUT2D eigenvalue weighted by atomic mass is 9.97. The van der Waals surface area contributed by atoms with Crippen molar-refractivity contribution in [1.29, 1.82) is 0 Å². The Hall–Kier alpha value is -2.31. The average Bonchev–Trinajstić information content (AvgIpc) is 3.30. The molecule has 2 aliphatic heterocycles. The van der Waals surface area contributed by atoms with Crippen LogP contribution in [-0.2, 0) is 23.7 Å². The van der Waals surface area contributed by atoms with Gasteiger partial charge < -0.3 is 65.1 Å². The van der Waals surface area contributed by atoms with E-state index in [2.05, 4.69) is 67.8 Å². The SMILES string of the molecule is CCCCC/C=C\C/C=C\CCCCCCCC(=O)NC(COC1OC(CO)C(OC2OC(CO)C(O)C(O)C2O)C(O)C1O)C(O)/C=C/CC/C=C/CC/C=C/CCCCCCCC. The maximum Gasteiger partial charge on any atom is 0.220 e. The summed E-state index contributed by atoms with van der Waals surface area (Å²) in [6, 6.07) is -0.945. The zero-order valence-corrected chi connectivity index (χ0v) is 39.7. The predicted octanol–water partition coefficient (Wildman–Crippen LogP) is 6.27. The first kappa shape index (κ1) is 58.8. The van der Waals surface area contributed by atoms with Crippen LogP contribution in [0.3, 0.4) is 0 Å². The lowest BCUT2D eigenvalue weighted by molar-refractivity contribution is -0.359. The number of hydrogen-bond donors (Lipinski definition) is 9. The number of rotatable bonds is 37. The molecule has 0 aliphatic carbocycles. The van der Waals surface area contributed by atoms with Gasteiger partial charge >= 0.3 is 0 Å². The zero-order valence-electron chi connectivity index (χ0n) is 39.7. The summed E-state index contributed by atoms with van der Waals surface area (Å²) in [5.41, 5.74) is 0. The molecule has 376 valence electrons. The minimum Gasteiger partial charge on any atom is -0.394 e. The standard InChI is InChI=1S/C51H89NO13/c1-3-5-7-9-11-13-15-17-19-21-22-24-26-28-30-32-34-40(55)39(52-43(56)35-33-31-29-27-25-23-20-18-16-14-12-10-8-6-4-2)38-62-50-48(61)46(59)49(42(37-54)64-50)65-51-47(60)45(58)44(57)41(36-53)63-51/h12,14,17-20,24,26,32,34,39-42,44-51,53-55,57-61H,3-11,13,15-16,21-23,25,27-31,33,35-38H2,1-2H3,(H,52,56)/b14-12-,19-17+,20-18-,26-24+,34-32+. The van der Waals surface area contributed by atoms with Gasteiger partial charge in [-0.05, 0) is 77.0 Å². The summed E-state index contributed by atoms with van der Waals surface area (Å²) < 4.78 is 22.6. The Labute approximate surface area is 390 Å². The monoisotopic (exact) mass is 924 g/mol. The highest BCUT2D eigenvalue weighted by Crippen LogP contribution is 2.30. The van der Waals surface area contributed by atoms with Crippen LogP contribution < -0.4 is 5.32 Å². The molecule has 12 atom stereocenters. The molecule has 0 aromatic carbocycles. The van der Waals surface area contributed by atoms with E-state index in [1.54, 1.807) is 6.08 Å². The lowest BCUT2D eigenvalue weighted by Gasteiger charge is -2.46. The van der Waals surface area contributed by atoms with Crippen LogP contribution >= 0.6 is 0 Å². The van der Waals surface area contributed by atoms with E-state index in [9.17, 15) is 45.6 Å². The van der Waals surface area contributed by atoms with Crippen LogP contribution in [0.1, 0.15) is 162 Å². The van der Waals surface area contributed by atoms with Crippen molar-refractivity contribution in [3.05, 3.63) is 60.8 Å². The number of nitrogens with one attached hydrogen (secondary N) is 1. The van der Waals surface area contributed by atoms with E-state index in [1.165, 1.54) is 57.8 Å². The van der Waals surface area contributed by atoms with E-state index in [-0.39, 0.29) is 18.9 Å². The van der Waals surface area contributed by atoms with E-state index in [1.807, 2.05) is 6.08 Å². The van der Waals surface area contributed by atoms with Crippen molar-refractivity contribution in [1.82, 2.24) is 5.32 Å². The molecule has 0 radical (unpaired) electrons. The molecule has 2 rings (SSSR count). The molecule has 14 nitrogen and oxygen atoms in total. The second-order valence-electron chi connectivity index (χ2n) is 17.6. The van der Waals surface area contributed by atoms with E-state index < -0.39 is 86.8 Å². The van der Waals surface area contributed by atoms with Gasteiger partial charge in [0.15, 0.2) is 12.6 Å². The molecule has 0 saturated carbocycles. The highest BCUT2D eigenvalue weighted by molar-refractivity contribution is 5.76. The molecule has 65 heavy (non-hydrogen) atoms. The second kappa shape index (κ2) is 37.6. The molecule has 12 unspecified atom stereocenters. The van der Waals surface area contributed by atoms with Crippen LogP contribution in [-0.4, -0.2) is 140 Å². The van der Waals surface area contributed by atoms with Gasteiger partial charge in [0.25, 0.3) is 0 Å². The van der Waals surface area contributed by atoms with Gasteiger partial charge in [0.1, 0.15) is 48.8 Å². The second-order valence-corrected chi connectivity index (χ2v) is 17.6. The Kier molecular flexibility index (Phi) is 34.1. The molecule has 2 aliphatic rings. The van der Waals surface area contributed by atoms with E-state index in [4.69, 9.17) is 18.9 Å². The van der Waals surface area contributed by atoms with Crippen LogP contribution in [0, 0.1) is 0 Å². The van der Waals surface area contributed by atoms with Gasteiger partial charge in [-0.15, -0.1) is 0 Å². The smallest absolute Gasteiger partial charge is 0.220 e. The summed E-state index contributed by atoms with van der Waals surface area (Å²) in [6.07, 6.45) is 28.3. The molecule has 2 fully saturated rings. The summed E-state index contributed by atoms with van der Waals surface area (Å²) in [6.45, 7) is 2.69. The molecule has 1 amide bonds. The van der Waals surface area contributed by atoms with Crippen LogP contribution in [0.25, 0.3) is 0 Å². The maximum absolute atomic E-state index is 13.1. The Balaban J connectivity index is 1.90. The van der Waals surface area contributed by atoms with Gasteiger partial charge in [0.05, 0.1) is 32.0 Å². The molecule has 9 N–H and O–H groups in total. The zero-order chi connectivity index (χ0) is 47.5. The summed E-state index contributed by atoms with van der Waals surface area (Å²) >= 11 is 0. The van der Waals surface area contributed by atoms with Gasteiger partial charge in [-0.3, -0.25) is 4.79 Å². The predicted molar refractivity (Wildman–Crippen MR) is 254 cm³/mol. The first-order chi connectivity index (χ1) is 31.6. The number of aliphatic hydroxyl groups excluding tert-OH is 8.